The molecule has 5 heteroatoms. The first-order valence-corrected chi connectivity index (χ1v) is 9.60. The molecule has 0 atom stereocenters. The lowest BCUT2D eigenvalue weighted by atomic mass is 10.1. The number of amides is 1. The first kappa shape index (κ1) is 18.7. The maximum absolute atomic E-state index is 13.1. The molecule has 0 aliphatic heterocycles. The van der Waals surface area contributed by atoms with Crippen molar-refractivity contribution >= 4 is 22.5 Å². The van der Waals surface area contributed by atoms with Crippen molar-refractivity contribution in [2.45, 2.75) is 26.9 Å². The number of hydrogen-bond donors (Lipinski definition) is 1. The van der Waals surface area contributed by atoms with E-state index in [0.29, 0.717) is 12.1 Å². The van der Waals surface area contributed by atoms with Crippen LogP contribution in [0.3, 0.4) is 0 Å². The van der Waals surface area contributed by atoms with E-state index >= 15 is 0 Å². The van der Waals surface area contributed by atoms with Gasteiger partial charge in [0.05, 0.1) is 0 Å². The molecule has 5 nitrogen and oxygen atoms in total. The summed E-state index contributed by atoms with van der Waals surface area (Å²) in [7, 11) is 0. The van der Waals surface area contributed by atoms with Crippen LogP contribution in [0.5, 0.6) is 0 Å². The number of nitrogens with one attached hydrogen (secondary N) is 1. The Hall–Kier alpha value is -3.60. The highest BCUT2D eigenvalue weighted by atomic mass is 16.2. The molecule has 4 aromatic rings. The summed E-state index contributed by atoms with van der Waals surface area (Å²) in [5.41, 5.74) is 4.46. The van der Waals surface area contributed by atoms with E-state index < -0.39 is 0 Å². The van der Waals surface area contributed by atoms with E-state index in [-0.39, 0.29) is 18.0 Å². The lowest BCUT2D eigenvalue weighted by Crippen LogP contribution is -2.28. The van der Waals surface area contributed by atoms with Crippen LogP contribution >= 0.6 is 0 Å². The largest absolute Gasteiger partial charge is 0.339 e. The molecule has 29 heavy (non-hydrogen) atoms. The summed E-state index contributed by atoms with van der Waals surface area (Å²) >= 11 is 0. The molecule has 0 radical (unpaired) electrons. The summed E-state index contributed by atoms with van der Waals surface area (Å²) in [6, 6.07) is 19.7. The van der Waals surface area contributed by atoms with Gasteiger partial charge < -0.3 is 14.5 Å². The van der Waals surface area contributed by atoms with Gasteiger partial charge in [-0.05, 0) is 43.2 Å². The Labute approximate surface area is 169 Å². The normalized spacial score (nSPS) is 11.0. The summed E-state index contributed by atoms with van der Waals surface area (Å²) in [6.45, 7) is 4.55. The minimum atomic E-state index is -0.223. The number of hydrogen-bond acceptors (Lipinski definition) is 2. The van der Waals surface area contributed by atoms with Gasteiger partial charge in [0.2, 0.25) is 5.91 Å². The van der Waals surface area contributed by atoms with Gasteiger partial charge in [-0.25, -0.2) is 0 Å². The Balaban J connectivity index is 1.59. The molecule has 0 aliphatic carbocycles. The van der Waals surface area contributed by atoms with E-state index in [1.54, 1.807) is 6.20 Å². The Morgan fingerprint density at radius 2 is 1.66 bits per heavy atom. The molecule has 2 heterocycles. The highest BCUT2D eigenvalue weighted by Gasteiger charge is 2.12. The second-order valence-corrected chi connectivity index (χ2v) is 7.35. The Bertz CT molecular complexity index is 1240. The van der Waals surface area contributed by atoms with Crippen LogP contribution in [0.2, 0.25) is 0 Å². The van der Waals surface area contributed by atoms with Crippen LogP contribution < -0.4 is 10.9 Å². The third-order valence-corrected chi connectivity index (χ3v) is 5.06. The maximum Gasteiger partial charge on any atom is 0.275 e. The summed E-state index contributed by atoms with van der Waals surface area (Å²) in [6.07, 6.45) is 3.60. The molecule has 0 unspecified atom stereocenters. The van der Waals surface area contributed by atoms with E-state index in [1.165, 1.54) is 4.57 Å². The molecule has 0 spiro atoms. The molecule has 4 rings (SSSR count). The van der Waals surface area contributed by atoms with E-state index in [4.69, 9.17) is 0 Å². The minimum Gasteiger partial charge on any atom is -0.339 e. The average molecular weight is 385 g/mol. The van der Waals surface area contributed by atoms with Gasteiger partial charge in [0.1, 0.15) is 12.1 Å². The zero-order valence-corrected chi connectivity index (χ0v) is 16.6. The van der Waals surface area contributed by atoms with Crippen molar-refractivity contribution < 1.29 is 4.79 Å². The van der Waals surface area contributed by atoms with Crippen LogP contribution in [-0.4, -0.2) is 15.0 Å². The monoisotopic (exact) mass is 385 g/mol. The molecule has 0 fully saturated rings. The molecule has 0 saturated carbocycles. The lowest BCUT2D eigenvalue weighted by Gasteiger charge is -2.11. The van der Waals surface area contributed by atoms with Crippen LogP contribution in [-0.2, 0) is 17.9 Å². The molecule has 146 valence electrons. The van der Waals surface area contributed by atoms with Gasteiger partial charge in [0, 0.05) is 30.0 Å². The highest BCUT2D eigenvalue weighted by Crippen LogP contribution is 2.17. The predicted molar refractivity (Wildman–Crippen MR) is 116 cm³/mol. The Morgan fingerprint density at radius 3 is 2.38 bits per heavy atom. The Morgan fingerprint density at radius 1 is 0.931 bits per heavy atom. The zero-order valence-electron chi connectivity index (χ0n) is 16.6. The highest BCUT2D eigenvalue weighted by molar-refractivity contribution is 5.91. The van der Waals surface area contributed by atoms with Gasteiger partial charge in [-0.1, -0.05) is 48.0 Å². The van der Waals surface area contributed by atoms with Crippen LogP contribution in [0.15, 0.2) is 77.9 Å². The average Bonchev–Trinajstić information content (AvgIpc) is 3.10. The number of carbonyl (C=O) groups is 1. The number of nitrogens with zero attached hydrogens (tertiary/aromatic N) is 2. The van der Waals surface area contributed by atoms with Gasteiger partial charge in [0.25, 0.3) is 5.56 Å². The number of rotatable bonds is 5. The second-order valence-electron chi connectivity index (χ2n) is 7.35. The number of fused-ring (bicyclic) bond motifs is 1. The molecule has 1 amide bonds. The summed E-state index contributed by atoms with van der Waals surface area (Å²) in [4.78, 5) is 25.6. The molecule has 0 saturated heterocycles. The SMILES string of the molecule is Cc1ccc(NC(=O)Cn2ccc3ccn(Cc4ccccc4)c3c2=O)c(C)c1. The first-order chi connectivity index (χ1) is 14.0. The Kier molecular flexibility index (Phi) is 5.04. The van der Waals surface area contributed by atoms with Crippen molar-refractivity contribution in [2.24, 2.45) is 0 Å². The number of pyridine rings is 1. The number of aromatic nitrogens is 2. The molecule has 1 N–H and O–H groups in total. The van der Waals surface area contributed by atoms with Crippen LogP contribution in [0.1, 0.15) is 16.7 Å². The topological polar surface area (TPSA) is 56.0 Å². The van der Waals surface area contributed by atoms with E-state index in [2.05, 4.69) is 5.32 Å². The molecule has 2 aromatic heterocycles. The van der Waals surface area contributed by atoms with E-state index in [1.807, 2.05) is 85.3 Å². The van der Waals surface area contributed by atoms with Crippen molar-refractivity contribution in [2.75, 3.05) is 5.32 Å². The van der Waals surface area contributed by atoms with E-state index in [0.717, 1.165) is 27.8 Å². The van der Waals surface area contributed by atoms with Crippen molar-refractivity contribution in [3.8, 4) is 0 Å². The molecular weight excluding hydrogens is 362 g/mol. The van der Waals surface area contributed by atoms with Crippen LogP contribution in [0.25, 0.3) is 10.9 Å². The number of anilines is 1. The quantitative estimate of drug-likeness (QED) is 0.562. The standard InChI is InChI=1S/C24H23N3O2/c1-17-8-9-21(18(2)14-17)25-22(28)16-27-13-11-20-10-12-26(23(20)24(27)29)15-19-6-4-3-5-7-19/h3-14H,15-16H2,1-2H3,(H,25,28). The minimum absolute atomic E-state index is 0.0292. The van der Waals surface area contributed by atoms with Gasteiger partial charge in [-0.3, -0.25) is 9.59 Å². The number of benzene rings is 2. The number of carbonyl (C=O) groups excluding carboxylic acids is 1. The predicted octanol–water partition coefficient (Wildman–Crippen LogP) is 4.11. The van der Waals surface area contributed by atoms with Gasteiger partial charge in [-0.15, -0.1) is 0 Å². The third-order valence-electron chi connectivity index (χ3n) is 5.06. The lowest BCUT2D eigenvalue weighted by molar-refractivity contribution is -0.116. The fraction of sp³-hybridized carbons (Fsp3) is 0.167. The van der Waals surface area contributed by atoms with Crippen molar-refractivity contribution in [1.82, 2.24) is 9.13 Å². The zero-order chi connectivity index (χ0) is 20.4. The van der Waals surface area contributed by atoms with Crippen LogP contribution in [0.4, 0.5) is 5.69 Å². The first-order valence-electron chi connectivity index (χ1n) is 9.60. The van der Waals surface area contributed by atoms with Crippen molar-refractivity contribution in [1.29, 1.82) is 0 Å². The fourth-order valence-electron chi connectivity index (χ4n) is 3.58. The molecular formula is C24H23N3O2. The summed E-state index contributed by atoms with van der Waals surface area (Å²) in [5, 5.41) is 3.78. The second kappa shape index (κ2) is 7.80. The van der Waals surface area contributed by atoms with Crippen LogP contribution in [0, 0.1) is 13.8 Å². The molecule has 2 aromatic carbocycles. The van der Waals surface area contributed by atoms with Gasteiger partial charge in [0.15, 0.2) is 0 Å². The molecule has 0 bridgehead atoms. The molecule has 0 aliphatic rings. The van der Waals surface area contributed by atoms with E-state index in [9.17, 15) is 9.59 Å². The van der Waals surface area contributed by atoms with Gasteiger partial charge >= 0.3 is 0 Å². The van der Waals surface area contributed by atoms with Crippen molar-refractivity contribution in [3.05, 3.63) is 100 Å². The number of aryl methyl sites for hydroxylation is 2. The summed E-state index contributed by atoms with van der Waals surface area (Å²) < 4.78 is 3.40. The van der Waals surface area contributed by atoms with Crippen molar-refractivity contribution in [3.63, 3.8) is 0 Å². The third kappa shape index (κ3) is 3.99. The maximum atomic E-state index is 13.1. The van der Waals surface area contributed by atoms with Gasteiger partial charge in [-0.2, -0.15) is 0 Å². The summed E-state index contributed by atoms with van der Waals surface area (Å²) in [5.74, 6) is -0.223. The smallest absolute Gasteiger partial charge is 0.275 e. The fourth-order valence-corrected chi connectivity index (χ4v) is 3.58.